The lowest BCUT2D eigenvalue weighted by Gasteiger charge is -2.14. The Morgan fingerprint density at radius 1 is 1.32 bits per heavy atom. The van der Waals surface area contributed by atoms with Crippen LogP contribution in [-0.2, 0) is 14.3 Å². The van der Waals surface area contributed by atoms with Crippen molar-refractivity contribution >= 4 is 17.7 Å². The number of hydrogen-bond acceptors (Lipinski definition) is 5. The zero-order valence-corrected chi connectivity index (χ0v) is 10.7. The maximum Gasteiger partial charge on any atom is 0.328 e. The second kappa shape index (κ2) is 6.53. The first kappa shape index (κ1) is 14.7. The van der Waals surface area contributed by atoms with E-state index in [2.05, 4.69) is 10.1 Å². The molecule has 102 valence electrons. The van der Waals surface area contributed by atoms with Crippen molar-refractivity contribution in [3.63, 3.8) is 0 Å². The van der Waals surface area contributed by atoms with Gasteiger partial charge in [-0.1, -0.05) is 12.1 Å². The summed E-state index contributed by atoms with van der Waals surface area (Å²) in [5.74, 6) is -1.78. The number of benzene rings is 1. The van der Waals surface area contributed by atoms with Crippen LogP contribution in [0.5, 0.6) is 5.75 Å². The molecule has 19 heavy (non-hydrogen) atoms. The lowest BCUT2D eigenvalue weighted by molar-refractivity contribution is -0.144. The summed E-state index contributed by atoms with van der Waals surface area (Å²) in [4.78, 5) is 34.4. The maximum absolute atomic E-state index is 12.0. The van der Waals surface area contributed by atoms with E-state index < -0.39 is 23.7 Å². The molecule has 0 heterocycles. The molecular weight excluding hydrogens is 250 g/mol. The largest absolute Gasteiger partial charge is 0.507 e. The molecule has 0 aliphatic carbocycles. The van der Waals surface area contributed by atoms with Crippen molar-refractivity contribution in [3.05, 3.63) is 29.8 Å². The number of nitrogens with one attached hydrogen (secondary N) is 1. The third-order valence-corrected chi connectivity index (χ3v) is 2.46. The number of carbonyl (C=O) groups excluding carboxylic acids is 3. The molecule has 1 aromatic rings. The van der Waals surface area contributed by atoms with Crippen molar-refractivity contribution in [2.24, 2.45) is 0 Å². The number of ether oxygens (including phenoxy) is 1. The molecule has 6 heteroatoms. The van der Waals surface area contributed by atoms with Gasteiger partial charge in [-0.05, 0) is 12.1 Å². The smallest absolute Gasteiger partial charge is 0.328 e. The van der Waals surface area contributed by atoms with Gasteiger partial charge < -0.3 is 15.2 Å². The van der Waals surface area contributed by atoms with Gasteiger partial charge in [0, 0.05) is 13.3 Å². The van der Waals surface area contributed by atoms with Gasteiger partial charge in [-0.3, -0.25) is 9.59 Å². The number of para-hydroxylation sites is 1. The standard InChI is InChI=1S/C13H15NO5/c1-8(15)14-10(13(18)19-2)7-12(17)9-5-3-4-6-11(9)16/h3-6,10,16H,7H2,1-2H3,(H,14,15). The molecule has 6 nitrogen and oxygen atoms in total. The van der Waals surface area contributed by atoms with Crippen LogP contribution in [0.4, 0.5) is 0 Å². The normalized spacial score (nSPS) is 11.5. The van der Waals surface area contributed by atoms with E-state index in [-0.39, 0.29) is 17.7 Å². The summed E-state index contributed by atoms with van der Waals surface area (Å²) in [6, 6.07) is 4.93. The maximum atomic E-state index is 12.0. The number of methoxy groups -OCH3 is 1. The molecule has 0 saturated heterocycles. The van der Waals surface area contributed by atoms with Crippen LogP contribution < -0.4 is 5.32 Å². The Bertz CT molecular complexity index is 498. The summed E-state index contributed by atoms with van der Waals surface area (Å²) in [5, 5.41) is 11.9. The van der Waals surface area contributed by atoms with Gasteiger partial charge >= 0.3 is 5.97 Å². The van der Waals surface area contributed by atoms with E-state index in [9.17, 15) is 19.5 Å². The summed E-state index contributed by atoms with van der Waals surface area (Å²) < 4.78 is 4.51. The highest BCUT2D eigenvalue weighted by atomic mass is 16.5. The molecule has 0 aliphatic rings. The lowest BCUT2D eigenvalue weighted by atomic mass is 10.0. The van der Waals surface area contributed by atoms with Crippen LogP contribution in [0.1, 0.15) is 23.7 Å². The summed E-state index contributed by atoms with van der Waals surface area (Å²) in [6.07, 6.45) is -0.274. The first-order valence-electron chi connectivity index (χ1n) is 5.61. The van der Waals surface area contributed by atoms with Gasteiger partial charge in [0.05, 0.1) is 12.7 Å². The molecule has 1 rings (SSSR count). The first-order chi connectivity index (χ1) is 8.95. The average Bonchev–Trinajstić information content (AvgIpc) is 2.36. The fourth-order valence-electron chi connectivity index (χ4n) is 1.59. The monoisotopic (exact) mass is 265 g/mol. The molecule has 0 radical (unpaired) electrons. The van der Waals surface area contributed by atoms with Gasteiger partial charge in [0.15, 0.2) is 5.78 Å². The van der Waals surface area contributed by atoms with E-state index >= 15 is 0 Å². The highest BCUT2D eigenvalue weighted by Gasteiger charge is 2.25. The van der Waals surface area contributed by atoms with Crippen molar-refractivity contribution in [3.8, 4) is 5.75 Å². The summed E-state index contributed by atoms with van der Waals surface area (Å²) >= 11 is 0. The lowest BCUT2D eigenvalue weighted by Crippen LogP contribution is -2.41. The Morgan fingerprint density at radius 3 is 2.47 bits per heavy atom. The van der Waals surface area contributed by atoms with E-state index in [4.69, 9.17) is 0 Å². The second-order valence-electron chi connectivity index (χ2n) is 3.92. The Morgan fingerprint density at radius 2 is 1.95 bits per heavy atom. The molecule has 0 bridgehead atoms. The predicted octanol–water partition coefficient (Wildman–Crippen LogP) is 0.643. The number of carbonyl (C=O) groups is 3. The van der Waals surface area contributed by atoms with E-state index in [1.807, 2.05) is 0 Å². The number of aromatic hydroxyl groups is 1. The number of Topliss-reactive ketones (excluding diaryl/α,β-unsaturated/α-hetero) is 1. The highest BCUT2D eigenvalue weighted by Crippen LogP contribution is 2.18. The fraction of sp³-hybridized carbons (Fsp3) is 0.308. The highest BCUT2D eigenvalue weighted by molar-refractivity contribution is 6.01. The van der Waals surface area contributed by atoms with Crippen molar-refractivity contribution in [1.82, 2.24) is 5.32 Å². The third-order valence-electron chi connectivity index (χ3n) is 2.46. The Labute approximate surface area is 110 Å². The SMILES string of the molecule is COC(=O)C(CC(=O)c1ccccc1O)NC(C)=O. The Hall–Kier alpha value is -2.37. The Kier molecular flexibility index (Phi) is 5.05. The molecular formula is C13H15NO5. The van der Waals surface area contributed by atoms with Crippen LogP contribution in [0.15, 0.2) is 24.3 Å². The molecule has 0 fully saturated rings. The number of phenols is 1. The van der Waals surface area contributed by atoms with Crippen LogP contribution in [0.25, 0.3) is 0 Å². The van der Waals surface area contributed by atoms with Gasteiger partial charge in [0.2, 0.25) is 5.91 Å². The summed E-state index contributed by atoms with van der Waals surface area (Å²) in [6.45, 7) is 1.24. The molecule has 1 atom stereocenters. The number of phenolic OH excluding ortho intramolecular Hbond substituents is 1. The van der Waals surface area contributed by atoms with Crippen molar-refractivity contribution in [2.75, 3.05) is 7.11 Å². The zero-order chi connectivity index (χ0) is 14.4. The summed E-state index contributed by atoms with van der Waals surface area (Å²) in [5.41, 5.74) is 0.0988. The number of ketones is 1. The quantitative estimate of drug-likeness (QED) is 0.602. The van der Waals surface area contributed by atoms with Gasteiger partial charge in [-0.2, -0.15) is 0 Å². The van der Waals surface area contributed by atoms with Crippen LogP contribution >= 0.6 is 0 Å². The minimum Gasteiger partial charge on any atom is -0.507 e. The number of hydrogen-bond donors (Lipinski definition) is 2. The molecule has 1 amide bonds. The number of amides is 1. The third kappa shape index (κ3) is 4.09. The van der Waals surface area contributed by atoms with Crippen LogP contribution in [0, 0.1) is 0 Å². The molecule has 1 aromatic carbocycles. The van der Waals surface area contributed by atoms with Gasteiger partial charge in [-0.25, -0.2) is 4.79 Å². The van der Waals surface area contributed by atoms with Gasteiger partial charge in [-0.15, -0.1) is 0 Å². The second-order valence-corrected chi connectivity index (χ2v) is 3.92. The average molecular weight is 265 g/mol. The number of esters is 1. The zero-order valence-electron chi connectivity index (χ0n) is 10.7. The van der Waals surface area contributed by atoms with Crippen molar-refractivity contribution in [2.45, 2.75) is 19.4 Å². The van der Waals surface area contributed by atoms with E-state index in [0.717, 1.165) is 0 Å². The molecule has 2 N–H and O–H groups in total. The topological polar surface area (TPSA) is 92.7 Å². The number of rotatable bonds is 5. The minimum absolute atomic E-state index is 0.0988. The van der Waals surface area contributed by atoms with Crippen LogP contribution in [0.3, 0.4) is 0 Å². The molecule has 0 aromatic heterocycles. The van der Waals surface area contributed by atoms with E-state index in [1.54, 1.807) is 12.1 Å². The molecule has 0 spiro atoms. The van der Waals surface area contributed by atoms with Gasteiger partial charge in [0.25, 0.3) is 0 Å². The summed E-state index contributed by atoms with van der Waals surface area (Å²) in [7, 11) is 1.17. The molecule has 0 saturated carbocycles. The van der Waals surface area contributed by atoms with E-state index in [0.29, 0.717) is 0 Å². The Balaban J connectivity index is 2.85. The van der Waals surface area contributed by atoms with Gasteiger partial charge in [0.1, 0.15) is 11.8 Å². The van der Waals surface area contributed by atoms with Crippen molar-refractivity contribution in [1.29, 1.82) is 0 Å². The fourth-order valence-corrected chi connectivity index (χ4v) is 1.59. The minimum atomic E-state index is -1.06. The van der Waals surface area contributed by atoms with Crippen LogP contribution in [-0.4, -0.2) is 35.9 Å². The predicted molar refractivity (Wildman–Crippen MR) is 66.7 cm³/mol. The molecule has 1 unspecified atom stereocenters. The van der Waals surface area contributed by atoms with Crippen LogP contribution in [0.2, 0.25) is 0 Å². The van der Waals surface area contributed by atoms with Crippen molar-refractivity contribution < 1.29 is 24.2 Å². The molecule has 0 aliphatic heterocycles. The first-order valence-corrected chi connectivity index (χ1v) is 5.61. The van der Waals surface area contributed by atoms with E-state index in [1.165, 1.54) is 26.2 Å².